The van der Waals surface area contributed by atoms with Crippen molar-refractivity contribution in [3.05, 3.63) is 0 Å². The van der Waals surface area contributed by atoms with Gasteiger partial charge in [-0.3, -0.25) is 4.79 Å². The number of carboxylic acids is 1. The number of aliphatic carboxylic acids is 1. The molecule has 5 heteroatoms. The third-order valence-electron chi connectivity index (χ3n) is 3.49. The molecule has 1 N–H and O–H groups in total. The maximum absolute atomic E-state index is 12.0. The standard InChI is InChI=1S/C11H18N2O3/c1-8-3-2-4-13(8)11(16)12-6-9(7-12)5-10(14)15/h8-9H,2-7H2,1H3,(H,14,15). The molecule has 0 aliphatic carbocycles. The van der Waals surface area contributed by atoms with Crippen molar-refractivity contribution in [1.29, 1.82) is 0 Å². The number of carboxylic acid groups (broad SMARTS) is 1. The van der Waals surface area contributed by atoms with Crippen molar-refractivity contribution in [1.82, 2.24) is 9.80 Å². The van der Waals surface area contributed by atoms with Gasteiger partial charge in [0.25, 0.3) is 0 Å². The Morgan fingerprint density at radius 3 is 2.56 bits per heavy atom. The van der Waals surface area contributed by atoms with Gasteiger partial charge in [0.1, 0.15) is 0 Å². The van der Waals surface area contributed by atoms with Crippen LogP contribution in [0.3, 0.4) is 0 Å². The molecule has 0 saturated carbocycles. The summed E-state index contributed by atoms with van der Waals surface area (Å²) in [7, 11) is 0. The minimum atomic E-state index is -0.772. The van der Waals surface area contributed by atoms with Crippen LogP contribution in [0.1, 0.15) is 26.2 Å². The van der Waals surface area contributed by atoms with Crippen LogP contribution in [0.2, 0.25) is 0 Å². The van der Waals surface area contributed by atoms with Crippen LogP contribution >= 0.6 is 0 Å². The van der Waals surface area contributed by atoms with E-state index in [0.29, 0.717) is 19.1 Å². The van der Waals surface area contributed by atoms with Crippen LogP contribution in [0.4, 0.5) is 4.79 Å². The highest BCUT2D eigenvalue weighted by molar-refractivity contribution is 5.76. The van der Waals surface area contributed by atoms with Gasteiger partial charge in [0.05, 0.1) is 6.42 Å². The zero-order valence-corrected chi connectivity index (χ0v) is 9.56. The minimum absolute atomic E-state index is 0.0895. The summed E-state index contributed by atoms with van der Waals surface area (Å²) in [5.74, 6) is -0.619. The van der Waals surface area contributed by atoms with Crippen LogP contribution in [0.15, 0.2) is 0 Å². The molecular formula is C11H18N2O3. The Morgan fingerprint density at radius 1 is 1.38 bits per heavy atom. The average Bonchev–Trinajstić information content (AvgIpc) is 2.56. The summed E-state index contributed by atoms with van der Waals surface area (Å²) in [5, 5.41) is 8.61. The molecule has 1 atom stereocenters. The first-order chi connectivity index (χ1) is 7.58. The highest BCUT2D eigenvalue weighted by Gasteiger charge is 2.36. The summed E-state index contributed by atoms with van der Waals surface area (Å²) in [5.41, 5.74) is 0. The second-order valence-electron chi connectivity index (χ2n) is 4.84. The summed E-state index contributed by atoms with van der Waals surface area (Å²) in [6.07, 6.45) is 2.34. The molecule has 5 nitrogen and oxygen atoms in total. The van der Waals surface area contributed by atoms with Crippen LogP contribution in [-0.4, -0.2) is 52.6 Å². The predicted octanol–water partition coefficient (Wildman–Crippen LogP) is 0.997. The Balaban J connectivity index is 1.79. The lowest BCUT2D eigenvalue weighted by molar-refractivity contribution is -0.139. The molecule has 0 radical (unpaired) electrons. The van der Waals surface area contributed by atoms with E-state index >= 15 is 0 Å². The lowest BCUT2D eigenvalue weighted by Crippen LogP contribution is -2.55. The van der Waals surface area contributed by atoms with Crippen molar-refractivity contribution >= 4 is 12.0 Å². The smallest absolute Gasteiger partial charge is 0.320 e. The third-order valence-corrected chi connectivity index (χ3v) is 3.49. The van der Waals surface area contributed by atoms with Crippen molar-refractivity contribution in [2.24, 2.45) is 5.92 Å². The van der Waals surface area contributed by atoms with Crippen LogP contribution in [0.25, 0.3) is 0 Å². The second kappa shape index (κ2) is 4.31. The summed E-state index contributed by atoms with van der Waals surface area (Å²) in [6.45, 7) is 4.13. The number of nitrogens with zero attached hydrogens (tertiary/aromatic N) is 2. The Hall–Kier alpha value is -1.26. The van der Waals surface area contributed by atoms with E-state index in [1.807, 2.05) is 4.90 Å². The summed E-state index contributed by atoms with van der Waals surface area (Å²) >= 11 is 0. The lowest BCUT2D eigenvalue weighted by Gasteiger charge is -2.41. The molecular weight excluding hydrogens is 208 g/mol. The molecule has 0 bridgehead atoms. The fourth-order valence-corrected chi connectivity index (χ4v) is 2.50. The minimum Gasteiger partial charge on any atom is -0.481 e. The van der Waals surface area contributed by atoms with E-state index in [1.54, 1.807) is 4.90 Å². The van der Waals surface area contributed by atoms with Gasteiger partial charge in [-0.2, -0.15) is 0 Å². The molecule has 1 unspecified atom stereocenters. The topological polar surface area (TPSA) is 60.9 Å². The zero-order chi connectivity index (χ0) is 11.7. The van der Waals surface area contributed by atoms with Crippen LogP contribution < -0.4 is 0 Å². The monoisotopic (exact) mass is 226 g/mol. The van der Waals surface area contributed by atoms with Gasteiger partial charge in [-0.1, -0.05) is 0 Å². The Kier molecular flexibility index (Phi) is 3.03. The van der Waals surface area contributed by atoms with Crippen molar-refractivity contribution in [3.8, 4) is 0 Å². The molecule has 2 fully saturated rings. The van der Waals surface area contributed by atoms with Crippen molar-refractivity contribution in [2.75, 3.05) is 19.6 Å². The first-order valence-corrected chi connectivity index (χ1v) is 5.85. The van der Waals surface area contributed by atoms with Gasteiger partial charge in [-0.05, 0) is 19.8 Å². The van der Waals surface area contributed by atoms with Crippen LogP contribution in [-0.2, 0) is 4.79 Å². The lowest BCUT2D eigenvalue weighted by atomic mass is 9.97. The van der Waals surface area contributed by atoms with E-state index in [1.165, 1.54) is 0 Å². The fraction of sp³-hybridized carbons (Fsp3) is 0.818. The molecule has 2 aliphatic heterocycles. The molecule has 0 aromatic rings. The van der Waals surface area contributed by atoms with Gasteiger partial charge in [0.2, 0.25) is 0 Å². The second-order valence-corrected chi connectivity index (χ2v) is 4.84. The number of carbonyl (C=O) groups is 2. The highest BCUT2D eigenvalue weighted by atomic mass is 16.4. The number of rotatable bonds is 2. The van der Waals surface area contributed by atoms with E-state index in [-0.39, 0.29) is 18.4 Å². The first-order valence-electron chi connectivity index (χ1n) is 5.85. The normalized spacial score (nSPS) is 25.7. The molecule has 2 saturated heterocycles. The SMILES string of the molecule is CC1CCCN1C(=O)N1CC(CC(=O)O)C1. The number of hydrogen-bond donors (Lipinski definition) is 1. The average molecular weight is 226 g/mol. The molecule has 0 aromatic heterocycles. The number of urea groups is 1. The van der Waals surface area contributed by atoms with Gasteiger partial charge in [0, 0.05) is 31.6 Å². The van der Waals surface area contributed by atoms with Crippen molar-refractivity contribution < 1.29 is 14.7 Å². The molecule has 2 aliphatic rings. The summed E-state index contributed by atoms with van der Waals surface area (Å²) in [4.78, 5) is 26.1. The molecule has 0 spiro atoms. The van der Waals surface area contributed by atoms with E-state index in [9.17, 15) is 9.59 Å². The predicted molar refractivity (Wildman–Crippen MR) is 58.1 cm³/mol. The number of hydrogen-bond acceptors (Lipinski definition) is 2. The quantitative estimate of drug-likeness (QED) is 0.764. The van der Waals surface area contributed by atoms with Gasteiger partial charge in [0.15, 0.2) is 0 Å². The number of likely N-dealkylation sites (tertiary alicyclic amines) is 2. The Bertz CT molecular complexity index is 300. The van der Waals surface area contributed by atoms with Crippen LogP contribution in [0.5, 0.6) is 0 Å². The van der Waals surface area contributed by atoms with Crippen molar-refractivity contribution in [2.45, 2.75) is 32.2 Å². The maximum atomic E-state index is 12.0. The summed E-state index contributed by atoms with van der Waals surface area (Å²) in [6, 6.07) is 0.428. The molecule has 90 valence electrons. The third kappa shape index (κ3) is 2.13. The van der Waals surface area contributed by atoms with Gasteiger partial charge >= 0.3 is 12.0 Å². The van der Waals surface area contributed by atoms with Gasteiger partial charge in [-0.15, -0.1) is 0 Å². The molecule has 16 heavy (non-hydrogen) atoms. The van der Waals surface area contributed by atoms with E-state index < -0.39 is 5.97 Å². The Morgan fingerprint density at radius 2 is 2.06 bits per heavy atom. The molecule has 2 heterocycles. The Labute approximate surface area is 95.0 Å². The summed E-state index contributed by atoms with van der Waals surface area (Å²) < 4.78 is 0. The highest BCUT2D eigenvalue weighted by Crippen LogP contribution is 2.24. The number of carbonyl (C=O) groups excluding carboxylic acids is 1. The fourth-order valence-electron chi connectivity index (χ4n) is 2.50. The van der Waals surface area contributed by atoms with E-state index in [2.05, 4.69) is 6.92 Å². The first kappa shape index (κ1) is 11.2. The maximum Gasteiger partial charge on any atom is 0.320 e. The van der Waals surface area contributed by atoms with E-state index in [0.717, 1.165) is 19.4 Å². The van der Waals surface area contributed by atoms with Crippen LogP contribution in [0, 0.1) is 5.92 Å². The van der Waals surface area contributed by atoms with Crippen molar-refractivity contribution in [3.63, 3.8) is 0 Å². The van der Waals surface area contributed by atoms with Gasteiger partial charge in [-0.25, -0.2) is 4.79 Å². The largest absolute Gasteiger partial charge is 0.481 e. The molecule has 2 amide bonds. The zero-order valence-electron chi connectivity index (χ0n) is 9.56. The molecule has 2 rings (SSSR count). The number of amides is 2. The molecule has 0 aromatic carbocycles. The van der Waals surface area contributed by atoms with E-state index in [4.69, 9.17) is 5.11 Å². The van der Waals surface area contributed by atoms with Gasteiger partial charge < -0.3 is 14.9 Å².